The molecule has 0 radical (unpaired) electrons. The van der Waals surface area contributed by atoms with E-state index in [4.69, 9.17) is 29.8 Å². The number of pyridine rings is 1. The third kappa shape index (κ3) is 6.99. The summed E-state index contributed by atoms with van der Waals surface area (Å²) in [5.41, 5.74) is 2.44. The molecule has 0 atom stereocenters. The second kappa shape index (κ2) is 12.6. The molecule has 0 aliphatic carbocycles. The van der Waals surface area contributed by atoms with Gasteiger partial charge in [-0.15, -0.1) is 22.7 Å². The first-order valence-corrected chi connectivity index (χ1v) is 14.0. The number of rotatable bonds is 14. The van der Waals surface area contributed by atoms with Gasteiger partial charge in [0.2, 0.25) is 0 Å². The number of hydrogen-bond acceptors (Lipinski definition) is 10. The molecule has 3 N–H and O–H groups in total. The number of carboxylic acid groups (broad SMARTS) is 1. The minimum atomic E-state index is -1.50. The Balaban J connectivity index is 1.49. The zero-order valence-electron chi connectivity index (χ0n) is 21.6. The maximum Gasteiger partial charge on any atom is 0.303 e. The van der Waals surface area contributed by atoms with Gasteiger partial charge in [0.1, 0.15) is 11.5 Å². The van der Waals surface area contributed by atoms with Crippen LogP contribution in [0.3, 0.4) is 0 Å². The maximum atomic E-state index is 12.4. The van der Waals surface area contributed by atoms with Crippen LogP contribution in [-0.2, 0) is 17.6 Å². The number of aliphatic carboxylic acids is 1. The average Bonchev–Trinajstić information content (AvgIpc) is 3.52. The standard InChI is InChI=1S/C28H29NO8S2/c1-36-21-13-23-16(11-25(38-23)19(30)6-8-27(32)33)10-15(21)4-3-5-17-22(37-2)14-24-18(29-17)12-26(39-24)20(31)7-9-28(34)35/h10-14,27,32-33H,3-9H2,1-2H3,(H,34,35). The first kappa shape index (κ1) is 28.6. The monoisotopic (exact) mass is 571 g/mol. The van der Waals surface area contributed by atoms with Crippen molar-refractivity contribution in [3.63, 3.8) is 0 Å². The third-order valence-corrected chi connectivity index (χ3v) is 8.54. The third-order valence-electron chi connectivity index (χ3n) is 6.29. The lowest BCUT2D eigenvalue weighted by Crippen LogP contribution is -2.07. The first-order valence-electron chi connectivity index (χ1n) is 12.4. The molecule has 3 aromatic heterocycles. The summed E-state index contributed by atoms with van der Waals surface area (Å²) in [6.45, 7) is 0. The average molecular weight is 572 g/mol. The molecular weight excluding hydrogens is 542 g/mol. The van der Waals surface area contributed by atoms with Crippen molar-refractivity contribution >= 4 is 60.5 Å². The van der Waals surface area contributed by atoms with Crippen molar-refractivity contribution in [3.8, 4) is 11.5 Å². The largest absolute Gasteiger partial charge is 0.496 e. The van der Waals surface area contributed by atoms with Crippen molar-refractivity contribution in [1.29, 1.82) is 0 Å². The van der Waals surface area contributed by atoms with Crippen LogP contribution in [0, 0.1) is 0 Å². The van der Waals surface area contributed by atoms with Crippen LogP contribution >= 0.6 is 22.7 Å². The van der Waals surface area contributed by atoms with E-state index in [0.29, 0.717) is 33.9 Å². The number of benzene rings is 1. The number of aryl methyl sites for hydroxylation is 2. The summed E-state index contributed by atoms with van der Waals surface area (Å²) in [5.74, 6) is 0.0115. The van der Waals surface area contributed by atoms with Gasteiger partial charge in [-0.05, 0) is 54.5 Å². The van der Waals surface area contributed by atoms with Crippen LogP contribution in [0.15, 0.2) is 30.3 Å². The number of thiophene rings is 2. The fourth-order valence-electron chi connectivity index (χ4n) is 4.29. The molecule has 4 aromatic rings. The Bertz CT molecular complexity index is 1520. The summed E-state index contributed by atoms with van der Waals surface area (Å²) in [5, 5.41) is 27.9. The van der Waals surface area contributed by atoms with Gasteiger partial charge in [-0.3, -0.25) is 14.4 Å². The van der Waals surface area contributed by atoms with E-state index in [2.05, 4.69) is 0 Å². The molecule has 0 aliphatic heterocycles. The number of aromatic nitrogens is 1. The molecule has 1 aromatic carbocycles. The number of ether oxygens (including phenoxy) is 2. The minimum Gasteiger partial charge on any atom is -0.496 e. The molecule has 0 saturated carbocycles. The summed E-state index contributed by atoms with van der Waals surface area (Å²) in [7, 11) is 3.18. The molecule has 11 heteroatoms. The van der Waals surface area contributed by atoms with Crippen molar-refractivity contribution < 1.29 is 39.2 Å². The minimum absolute atomic E-state index is 0.00133. The van der Waals surface area contributed by atoms with Crippen LogP contribution in [0.1, 0.15) is 62.7 Å². The van der Waals surface area contributed by atoms with Crippen molar-refractivity contribution in [2.45, 2.75) is 51.2 Å². The Morgan fingerprint density at radius 1 is 0.846 bits per heavy atom. The van der Waals surface area contributed by atoms with E-state index in [0.717, 1.165) is 38.2 Å². The highest BCUT2D eigenvalue weighted by Crippen LogP contribution is 2.35. The Hall–Kier alpha value is -3.38. The van der Waals surface area contributed by atoms with Crippen LogP contribution in [0.5, 0.6) is 11.5 Å². The van der Waals surface area contributed by atoms with Gasteiger partial charge in [-0.1, -0.05) is 0 Å². The van der Waals surface area contributed by atoms with Crippen molar-refractivity contribution in [2.24, 2.45) is 0 Å². The molecule has 0 bridgehead atoms. The maximum absolute atomic E-state index is 12.4. The van der Waals surface area contributed by atoms with E-state index >= 15 is 0 Å². The van der Waals surface area contributed by atoms with Gasteiger partial charge in [0.25, 0.3) is 0 Å². The summed E-state index contributed by atoms with van der Waals surface area (Å²) in [6, 6.07) is 9.35. The van der Waals surface area contributed by atoms with Gasteiger partial charge >= 0.3 is 5.97 Å². The molecule has 0 spiro atoms. The molecule has 0 amide bonds. The Morgan fingerprint density at radius 2 is 1.51 bits per heavy atom. The summed E-state index contributed by atoms with van der Waals surface area (Å²) < 4.78 is 12.9. The van der Waals surface area contributed by atoms with Crippen LogP contribution < -0.4 is 9.47 Å². The molecule has 9 nitrogen and oxygen atoms in total. The van der Waals surface area contributed by atoms with E-state index in [1.807, 2.05) is 24.3 Å². The lowest BCUT2D eigenvalue weighted by molar-refractivity contribution is -0.136. The molecule has 39 heavy (non-hydrogen) atoms. The van der Waals surface area contributed by atoms with E-state index in [1.165, 1.54) is 22.7 Å². The number of ketones is 2. The van der Waals surface area contributed by atoms with E-state index < -0.39 is 12.3 Å². The molecule has 4 rings (SSSR count). The summed E-state index contributed by atoms with van der Waals surface area (Å²) >= 11 is 2.64. The number of carboxylic acids is 1. The Morgan fingerprint density at radius 3 is 2.21 bits per heavy atom. The van der Waals surface area contributed by atoms with Gasteiger partial charge in [0.05, 0.1) is 46.3 Å². The van der Waals surface area contributed by atoms with Gasteiger partial charge < -0.3 is 24.8 Å². The lowest BCUT2D eigenvalue weighted by Gasteiger charge is -2.10. The number of fused-ring (bicyclic) bond motifs is 2. The number of nitrogens with zero attached hydrogens (tertiary/aromatic N) is 1. The number of methoxy groups -OCH3 is 2. The number of aliphatic hydroxyl groups excluding tert-OH is 1. The fraction of sp³-hybridized carbons (Fsp3) is 0.357. The number of hydrogen-bond donors (Lipinski definition) is 3. The van der Waals surface area contributed by atoms with Crippen molar-refractivity contribution in [1.82, 2.24) is 4.98 Å². The highest BCUT2D eigenvalue weighted by Gasteiger charge is 2.17. The number of carbonyl (C=O) groups is 3. The van der Waals surface area contributed by atoms with E-state index in [1.54, 1.807) is 20.3 Å². The molecule has 0 aliphatic rings. The zero-order chi connectivity index (χ0) is 28.1. The summed E-state index contributed by atoms with van der Waals surface area (Å²) in [6.07, 6.45) is 0.363. The van der Waals surface area contributed by atoms with Crippen molar-refractivity contribution in [2.75, 3.05) is 14.2 Å². The van der Waals surface area contributed by atoms with Crippen LogP contribution in [-0.4, -0.2) is 58.3 Å². The first-order chi connectivity index (χ1) is 18.7. The van der Waals surface area contributed by atoms with Crippen LogP contribution in [0.4, 0.5) is 0 Å². The topological polar surface area (TPSA) is 143 Å². The highest BCUT2D eigenvalue weighted by molar-refractivity contribution is 7.21. The quantitative estimate of drug-likeness (QED) is 0.140. The molecule has 3 heterocycles. The highest BCUT2D eigenvalue weighted by atomic mass is 32.1. The predicted octanol–water partition coefficient (Wildman–Crippen LogP) is 5.02. The normalized spacial score (nSPS) is 11.4. The molecular formula is C28H29NO8S2. The Kier molecular flexibility index (Phi) is 9.28. The van der Waals surface area contributed by atoms with E-state index in [9.17, 15) is 14.4 Å². The number of Topliss-reactive ketones (excluding diaryl/α,β-unsaturated/α-hetero) is 2. The molecule has 0 saturated heterocycles. The fourth-order valence-corrected chi connectivity index (χ4v) is 6.33. The van der Waals surface area contributed by atoms with Crippen LogP contribution in [0.2, 0.25) is 0 Å². The second-order valence-corrected chi connectivity index (χ2v) is 11.2. The molecule has 206 valence electrons. The SMILES string of the molecule is COc1cc2sc(C(=O)CCC(O)O)cc2cc1CCCc1nc2cc(C(=O)CCC(=O)O)sc2cc1OC. The molecule has 0 fully saturated rings. The van der Waals surface area contributed by atoms with Gasteiger partial charge in [0.15, 0.2) is 17.9 Å². The summed E-state index contributed by atoms with van der Waals surface area (Å²) in [4.78, 5) is 41.4. The van der Waals surface area contributed by atoms with E-state index in [-0.39, 0.29) is 37.2 Å². The van der Waals surface area contributed by atoms with Crippen molar-refractivity contribution in [3.05, 3.63) is 51.3 Å². The van der Waals surface area contributed by atoms with Gasteiger partial charge in [-0.2, -0.15) is 0 Å². The Labute approximate surface area is 232 Å². The zero-order valence-corrected chi connectivity index (χ0v) is 23.2. The molecule has 0 unspecified atom stereocenters. The number of carbonyl (C=O) groups excluding carboxylic acids is 2. The van der Waals surface area contributed by atoms with Gasteiger partial charge in [0, 0.05) is 30.0 Å². The predicted molar refractivity (Wildman–Crippen MR) is 150 cm³/mol. The smallest absolute Gasteiger partial charge is 0.303 e. The number of aliphatic hydroxyl groups is 2. The lowest BCUT2D eigenvalue weighted by atomic mass is 10.0. The second-order valence-electron chi connectivity index (χ2n) is 9.06. The van der Waals surface area contributed by atoms with Gasteiger partial charge in [-0.25, -0.2) is 4.98 Å². The van der Waals surface area contributed by atoms with Crippen LogP contribution in [0.25, 0.3) is 20.3 Å².